The fourth-order valence-electron chi connectivity index (χ4n) is 4.04. The first kappa shape index (κ1) is 24.9. The fourth-order valence-corrected chi connectivity index (χ4v) is 5.69. The summed E-state index contributed by atoms with van der Waals surface area (Å²) < 4.78 is 40.4. The minimum Gasteiger partial charge on any atom is -0.484 e. The number of aryl methyl sites for hydroxylation is 1. The van der Waals surface area contributed by atoms with Crippen molar-refractivity contribution in [3.63, 3.8) is 0 Å². The Balaban J connectivity index is 1.58. The fraction of sp³-hybridized carbons (Fsp3) is 0.360. The molecule has 0 saturated carbocycles. The van der Waals surface area contributed by atoms with Crippen LogP contribution >= 0.6 is 0 Å². The molecule has 0 unspecified atom stereocenters. The summed E-state index contributed by atoms with van der Waals surface area (Å²) in [5.74, 6) is 0.179. The van der Waals surface area contributed by atoms with Crippen LogP contribution in [0.2, 0.25) is 0 Å². The molecule has 1 aliphatic rings. The van der Waals surface area contributed by atoms with Crippen molar-refractivity contribution in [3.8, 4) is 11.4 Å². The molecule has 0 atom stereocenters. The van der Waals surface area contributed by atoms with Gasteiger partial charge in [-0.3, -0.25) is 4.79 Å². The number of piperazine rings is 1. The molecule has 0 amide bonds. The Bertz CT molecular complexity index is 1300. The zero-order valence-electron chi connectivity index (χ0n) is 20.0. The summed E-state index contributed by atoms with van der Waals surface area (Å²) in [4.78, 5) is 15.6. The molecule has 0 aliphatic carbocycles. The average molecular weight is 499 g/mol. The van der Waals surface area contributed by atoms with Crippen molar-refractivity contribution in [2.45, 2.75) is 18.7 Å². The van der Waals surface area contributed by atoms with E-state index in [-0.39, 0.29) is 31.0 Å². The molecule has 9 nitrogen and oxygen atoms in total. The van der Waals surface area contributed by atoms with Crippen LogP contribution in [-0.2, 0) is 14.8 Å². The van der Waals surface area contributed by atoms with Gasteiger partial charge in [-0.25, -0.2) is 8.42 Å². The highest BCUT2D eigenvalue weighted by molar-refractivity contribution is 7.89. The molecule has 1 fully saturated rings. The summed E-state index contributed by atoms with van der Waals surface area (Å²) in [7, 11) is -3.60. The minimum atomic E-state index is -3.60. The Morgan fingerprint density at radius 1 is 0.943 bits per heavy atom. The third-order valence-corrected chi connectivity index (χ3v) is 7.94. The number of hydrogen-bond donors (Lipinski definition) is 0. The third-order valence-electron chi connectivity index (χ3n) is 5.88. The summed E-state index contributed by atoms with van der Waals surface area (Å²) in [6, 6.07) is 16.1. The number of hydrogen-bond acceptors (Lipinski definition) is 7. The smallest absolute Gasteiger partial charge is 0.316 e. The highest BCUT2D eigenvalue weighted by Gasteiger charge is 2.31. The summed E-state index contributed by atoms with van der Waals surface area (Å²) in [5, 5.41) is 4.38. The van der Waals surface area contributed by atoms with Gasteiger partial charge in [-0.1, -0.05) is 36.4 Å². The molecule has 0 radical (unpaired) electrons. The van der Waals surface area contributed by atoms with Crippen molar-refractivity contribution >= 4 is 15.7 Å². The molecule has 1 aliphatic heterocycles. The standard InChI is InChI=1S/C25H30N4O5S/c1-3-33-17-18-34-24-22(19-26-29(25(24)30)21-10-5-4-6-11-21)27-13-15-28(16-14-27)35(31,32)23-12-8-7-9-20(23)2/h4-12,19H,3,13-18H2,1-2H3. The average Bonchev–Trinajstić information content (AvgIpc) is 2.88. The number of anilines is 1. The van der Waals surface area contributed by atoms with Crippen LogP contribution < -0.4 is 15.2 Å². The summed E-state index contributed by atoms with van der Waals surface area (Å²) >= 11 is 0. The van der Waals surface area contributed by atoms with Crippen LogP contribution in [0.4, 0.5) is 5.69 Å². The summed E-state index contributed by atoms with van der Waals surface area (Å²) in [6.45, 7) is 6.20. The van der Waals surface area contributed by atoms with Gasteiger partial charge in [0.1, 0.15) is 12.3 Å². The number of sulfonamides is 1. The molecule has 0 spiro atoms. The van der Waals surface area contributed by atoms with E-state index >= 15 is 0 Å². The second-order valence-corrected chi connectivity index (χ2v) is 10.0. The first-order chi connectivity index (χ1) is 16.9. The number of para-hydroxylation sites is 1. The van der Waals surface area contributed by atoms with E-state index in [1.807, 2.05) is 36.1 Å². The topological polar surface area (TPSA) is 94.0 Å². The van der Waals surface area contributed by atoms with Crippen molar-refractivity contribution in [3.05, 3.63) is 76.7 Å². The van der Waals surface area contributed by atoms with Gasteiger partial charge in [0, 0.05) is 32.8 Å². The molecule has 3 aromatic rings. The predicted octanol–water partition coefficient (Wildman–Crippen LogP) is 2.47. The van der Waals surface area contributed by atoms with E-state index in [9.17, 15) is 13.2 Å². The van der Waals surface area contributed by atoms with Gasteiger partial charge < -0.3 is 14.4 Å². The van der Waals surface area contributed by atoms with Crippen LogP contribution in [0.25, 0.3) is 5.69 Å². The lowest BCUT2D eigenvalue weighted by molar-refractivity contribution is 0.109. The minimum absolute atomic E-state index is 0.179. The number of rotatable bonds is 9. The monoisotopic (exact) mass is 498 g/mol. The van der Waals surface area contributed by atoms with Crippen LogP contribution in [-0.4, -0.2) is 68.5 Å². The van der Waals surface area contributed by atoms with Gasteiger partial charge >= 0.3 is 5.56 Å². The number of nitrogens with zero attached hydrogens (tertiary/aromatic N) is 4. The van der Waals surface area contributed by atoms with Gasteiger partial charge in [0.15, 0.2) is 0 Å². The van der Waals surface area contributed by atoms with Crippen LogP contribution in [0.3, 0.4) is 0 Å². The van der Waals surface area contributed by atoms with E-state index in [0.717, 1.165) is 0 Å². The molecular formula is C25H30N4O5S. The highest BCUT2D eigenvalue weighted by Crippen LogP contribution is 2.27. The van der Waals surface area contributed by atoms with Gasteiger partial charge in [0.2, 0.25) is 15.8 Å². The zero-order chi connectivity index (χ0) is 24.8. The Hall–Kier alpha value is -3.21. The highest BCUT2D eigenvalue weighted by atomic mass is 32.2. The van der Waals surface area contributed by atoms with Gasteiger partial charge in [-0.15, -0.1) is 0 Å². The van der Waals surface area contributed by atoms with Gasteiger partial charge in [0.25, 0.3) is 0 Å². The number of aromatic nitrogens is 2. The molecule has 4 rings (SSSR count). The quantitative estimate of drug-likeness (QED) is 0.419. The normalized spacial score (nSPS) is 14.7. The van der Waals surface area contributed by atoms with Crippen LogP contribution in [0.5, 0.6) is 5.75 Å². The Morgan fingerprint density at radius 2 is 1.63 bits per heavy atom. The molecule has 0 bridgehead atoms. The first-order valence-corrected chi connectivity index (χ1v) is 13.1. The van der Waals surface area contributed by atoms with Gasteiger partial charge in [0.05, 0.1) is 23.4 Å². The van der Waals surface area contributed by atoms with Crippen LogP contribution in [0.15, 0.2) is 70.5 Å². The molecule has 2 aromatic carbocycles. The molecule has 1 aromatic heterocycles. The van der Waals surface area contributed by atoms with Crippen molar-refractivity contribution in [2.75, 3.05) is 50.9 Å². The molecule has 2 heterocycles. The van der Waals surface area contributed by atoms with E-state index in [0.29, 0.717) is 48.1 Å². The van der Waals surface area contributed by atoms with Gasteiger partial charge in [-0.2, -0.15) is 14.1 Å². The van der Waals surface area contributed by atoms with Crippen LogP contribution in [0.1, 0.15) is 12.5 Å². The third kappa shape index (κ3) is 5.39. The maximum atomic E-state index is 13.3. The molecule has 0 N–H and O–H groups in total. The summed E-state index contributed by atoms with van der Waals surface area (Å²) in [6.07, 6.45) is 1.61. The molecule has 10 heteroatoms. The second kappa shape index (κ2) is 11.0. The predicted molar refractivity (Wildman–Crippen MR) is 134 cm³/mol. The molecule has 35 heavy (non-hydrogen) atoms. The van der Waals surface area contributed by atoms with Crippen LogP contribution in [0, 0.1) is 6.92 Å². The lowest BCUT2D eigenvalue weighted by Crippen LogP contribution is -2.49. The lowest BCUT2D eigenvalue weighted by atomic mass is 10.2. The number of benzene rings is 2. The maximum Gasteiger partial charge on any atom is 0.316 e. The van der Waals surface area contributed by atoms with E-state index in [1.165, 1.54) is 8.99 Å². The Morgan fingerprint density at radius 3 is 2.31 bits per heavy atom. The van der Waals surface area contributed by atoms with Crippen molar-refractivity contribution in [1.29, 1.82) is 0 Å². The maximum absolute atomic E-state index is 13.3. The van der Waals surface area contributed by atoms with E-state index < -0.39 is 10.0 Å². The first-order valence-electron chi connectivity index (χ1n) is 11.6. The Labute approximate surface area is 205 Å². The summed E-state index contributed by atoms with van der Waals surface area (Å²) in [5.41, 5.74) is 1.52. The van der Waals surface area contributed by atoms with Crippen molar-refractivity contribution < 1.29 is 17.9 Å². The van der Waals surface area contributed by atoms with E-state index in [1.54, 1.807) is 43.5 Å². The molecule has 186 valence electrons. The lowest BCUT2D eigenvalue weighted by Gasteiger charge is -2.35. The largest absolute Gasteiger partial charge is 0.484 e. The second-order valence-electron chi connectivity index (χ2n) is 8.11. The SMILES string of the molecule is CCOCCOc1c(N2CCN(S(=O)(=O)c3ccccc3C)CC2)cnn(-c2ccccc2)c1=O. The van der Waals surface area contributed by atoms with E-state index in [2.05, 4.69) is 5.10 Å². The Kier molecular flexibility index (Phi) is 7.84. The van der Waals surface area contributed by atoms with Crippen molar-refractivity contribution in [1.82, 2.24) is 14.1 Å². The molecule has 1 saturated heterocycles. The number of ether oxygens (including phenoxy) is 2. The zero-order valence-corrected chi connectivity index (χ0v) is 20.8. The van der Waals surface area contributed by atoms with Gasteiger partial charge in [-0.05, 0) is 37.6 Å². The van der Waals surface area contributed by atoms with Crippen molar-refractivity contribution in [2.24, 2.45) is 0 Å². The van der Waals surface area contributed by atoms with E-state index in [4.69, 9.17) is 9.47 Å². The molecular weight excluding hydrogens is 468 g/mol.